The number of sulfonamides is 1. The largest absolute Gasteiger partial charge is 0.469 e. The third kappa shape index (κ3) is 1.99. The monoisotopic (exact) mass is 215 g/mol. The minimum Gasteiger partial charge on any atom is -0.469 e. The number of furan rings is 1. The van der Waals surface area contributed by atoms with E-state index in [1.807, 2.05) is 12.1 Å². The molecular formula is C9H13NO3S. The number of nitrogens with zero attached hydrogens (tertiary/aromatic N) is 1. The molecular weight excluding hydrogens is 202 g/mol. The maximum Gasteiger partial charge on any atom is 0.214 e. The minimum absolute atomic E-state index is 0.297. The molecule has 2 heterocycles. The Morgan fingerprint density at radius 1 is 1.50 bits per heavy atom. The van der Waals surface area contributed by atoms with E-state index in [2.05, 4.69) is 0 Å². The molecule has 5 heteroatoms. The van der Waals surface area contributed by atoms with Crippen molar-refractivity contribution >= 4 is 10.0 Å². The van der Waals surface area contributed by atoms with Crippen LogP contribution in [-0.2, 0) is 16.4 Å². The van der Waals surface area contributed by atoms with Crippen LogP contribution in [0.3, 0.4) is 0 Å². The lowest BCUT2D eigenvalue weighted by molar-refractivity contribution is 0.421. The molecule has 0 aliphatic carbocycles. The molecule has 2 rings (SSSR count). The highest BCUT2D eigenvalue weighted by Gasteiger charge is 2.27. The molecule has 0 radical (unpaired) electrons. The van der Waals surface area contributed by atoms with Crippen LogP contribution in [0.1, 0.15) is 12.2 Å². The van der Waals surface area contributed by atoms with Gasteiger partial charge < -0.3 is 4.42 Å². The van der Waals surface area contributed by atoms with Crippen LogP contribution >= 0.6 is 0 Å². The fourth-order valence-corrected chi connectivity index (χ4v) is 3.16. The van der Waals surface area contributed by atoms with Crippen molar-refractivity contribution in [3.8, 4) is 0 Å². The quantitative estimate of drug-likeness (QED) is 0.751. The maximum atomic E-state index is 11.4. The zero-order valence-corrected chi connectivity index (χ0v) is 8.66. The standard InChI is InChI=1S/C9H13NO3S/c11-14(12)8-2-5-10(14)6-4-9-3-1-7-13-9/h1,3,7H,2,4-6,8H2. The lowest BCUT2D eigenvalue weighted by atomic mass is 10.3. The Kier molecular flexibility index (Phi) is 2.60. The molecule has 1 aliphatic heterocycles. The summed E-state index contributed by atoms with van der Waals surface area (Å²) in [5.41, 5.74) is 0. The van der Waals surface area contributed by atoms with Crippen molar-refractivity contribution in [2.24, 2.45) is 0 Å². The van der Waals surface area contributed by atoms with Crippen LogP contribution in [0.2, 0.25) is 0 Å². The average molecular weight is 215 g/mol. The lowest BCUT2D eigenvalue weighted by Gasteiger charge is -2.12. The molecule has 0 unspecified atom stereocenters. The molecule has 1 aliphatic rings. The summed E-state index contributed by atoms with van der Waals surface area (Å²) in [5, 5.41) is 0. The Bertz CT molecular complexity index is 382. The number of hydrogen-bond acceptors (Lipinski definition) is 3. The molecule has 1 aromatic heterocycles. The van der Waals surface area contributed by atoms with Gasteiger partial charge in [-0.05, 0) is 18.6 Å². The van der Waals surface area contributed by atoms with E-state index in [-0.39, 0.29) is 0 Å². The van der Waals surface area contributed by atoms with E-state index in [9.17, 15) is 8.42 Å². The van der Waals surface area contributed by atoms with Crippen LogP contribution in [-0.4, -0.2) is 31.6 Å². The van der Waals surface area contributed by atoms with Gasteiger partial charge in [-0.1, -0.05) is 0 Å². The van der Waals surface area contributed by atoms with Crippen LogP contribution in [0.5, 0.6) is 0 Å². The van der Waals surface area contributed by atoms with Crippen molar-refractivity contribution in [3.63, 3.8) is 0 Å². The van der Waals surface area contributed by atoms with Gasteiger partial charge in [0.05, 0.1) is 12.0 Å². The third-order valence-corrected chi connectivity index (χ3v) is 4.35. The predicted molar refractivity (Wildman–Crippen MR) is 52.4 cm³/mol. The van der Waals surface area contributed by atoms with Crippen LogP contribution in [0, 0.1) is 0 Å². The van der Waals surface area contributed by atoms with Gasteiger partial charge in [0.1, 0.15) is 5.76 Å². The van der Waals surface area contributed by atoms with Gasteiger partial charge in [0.2, 0.25) is 10.0 Å². The zero-order valence-electron chi connectivity index (χ0n) is 7.85. The van der Waals surface area contributed by atoms with Crippen molar-refractivity contribution in [1.82, 2.24) is 4.31 Å². The molecule has 0 saturated carbocycles. The Morgan fingerprint density at radius 3 is 2.93 bits per heavy atom. The number of hydrogen-bond donors (Lipinski definition) is 0. The van der Waals surface area contributed by atoms with Gasteiger partial charge in [-0.15, -0.1) is 0 Å². The van der Waals surface area contributed by atoms with Crippen LogP contribution < -0.4 is 0 Å². The van der Waals surface area contributed by atoms with Crippen molar-refractivity contribution in [3.05, 3.63) is 24.2 Å². The van der Waals surface area contributed by atoms with Crippen molar-refractivity contribution in [2.75, 3.05) is 18.8 Å². The topological polar surface area (TPSA) is 50.5 Å². The van der Waals surface area contributed by atoms with Gasteiger partial charge in [-0.3, -0.25) is 0 Å². The van der Waals surface area contributed by atoms with Gasteiger partial charge in [0.15, 0.2) is 0 Å². The Balaban J connectivity index is 1.93. The Morgan fingerprint density at radius 2 is 2.36 bits per heavy atom. The van der Waals surface area contributed by atoms with Gasteiger partial charge >= 0.3 is 0 Å². The van der Waals surface area contributed by atoms with Crippen LogP contribution in [0.15, 0.2) is 22.8 Å². The summed E-state index contributed by atoms with van der Waals surface area (Å²) in [6.07, 6.45) is 3.01. The first-order valence-electron chi connectivity index (χ1n) is 4.69. The highest BCUT2D eigenvalue weighted by molar-refractivity contribution is 7.89. The molecule has 0 spiro atoms. The smallest absolute Gasteiger partial charge is 0.214 e. The first-order chi connectivity index (χ1) is 6.68. The molecule has 4 nitrogen and oxygen atoms in total. The summed E-state index contributed by atoms with van der Waals surface area (Å²) < 4.78 is 29.5. The van der Waals surface area contributed by atoms with E-state index in [0.717, 1.165) is 12.2 Å². The highest BCUT2D eigenvalue weighted by atomic mass is 32.2. The summed E-state index contributed by atoms with van der Waals surface area (Å²) in [6.45, 7) is 1.19. The van der Waals surface area contributed by atoms with E-state index in [0.29, 0.717) is 25.3 Å². The highest BCUT2D eigenvalue weighted by Crippen LogP contribution is 2.14. The Labute approximate surface area is 83.6 Å². The summed E-state index contributed by atoms with van der Waals surface area (Å²) >= 11 is 0. The second-order valence-electron chi connectivity index (χ2n) is 3.40. The van der Waals surface area contributed by atoms with E-state index in [1.54, 1.807) is 6.26 Å². The van der Waals surface area contributed by atoms with E-state index < -0.39 is 10.0 Å². The molecule has 1 saturated heterocycles. The van der Waals surface area contributed by atoms with Gasteiger partial charge in [-0.25, -0.2) is 12.7 Å². The Hall–Kier alpha value is -0.810. The molecule has 14 heavy (non-hydrogen) atoms. The molecule has 78 valence electrons. The maximum absolute atomic E-state index is 11.4. The van der Waals surface area contributed by atoms with Gasteiger partial charge in [0, 0.05) is 19.5 Å². The van der Waals surface area contributed by atoms with Gasteiger partial charge in [0.25, 0.3) is 0 Å². The molecule has 0 amide bonds. The zero-order chi connectivity index (χ0) is 10.0. The molecule has 0 aromatic carbocycles. The number of rotatable bonds is 3. The van der Waals surface area contributed by atoms with E-state index in [4.69, 9.17) is 4.42 Å². The van der Waals surface area contributed by atoms with Crippen molar-refractivity contribution < 1.29 is 12.8 Å². The van der Waals surface area contributed by atoms with Crippen LogP contribution in [0.25, 0.3) is 0 Å². The van der Waals surface area contributed by atoms with Crippen LogP contribution in [0.4, 0.5) is 0 Å². The van der Waals surface area contributed by atoms with E-state index >= 15 is 0 Å². The summed E-state index contributed by atoms with van der Waals surface area (Å²) in [7, 11) is -2.95. The molecule has 1 aromatic rings. The first-order valence-corrected chi connectivity index (χ1v) is 6.29. The fourth-order valence-electron chi connectivity index (χ4n) is 1.63. The second-order valence-corrected chi connectivity index (χ2v) is 5.49. The SMILES string of the molecule is O=S1(=O)CCCN1CCc1ccco1. The fraction of sp³-hybridized carbons (Fsp3) is 0.556. The average Bonchev–Trinajstić information content (AvgIpc) is 2.71. The lowest BCUT2D eigenvalue weighted by Crippen LogP contribution is -2.27. The van der Waals surface area contributed by atoms with Crippen molar-refractivity contribution in [2.45, 2.75) is 12.8 Å². The molecule has 0 atom stereocenters. The minimum atomic E-state index is -2.95. The molecule has 0 bridgehead atoms. The second kappa shape index (κ2) is 3.74. The van der Waals surface area contributed by atoms with Crippen molar-refractivity contribution in [1.29, 1.82) is 0 Å². The summed E-state index contributed by atoms with van der Waals surface area (Å²) in [5.74, 6) is 1.14. The van der Waals surface area contributed by atoms with Gasteiger partial charge in [-0.2, -0.15) is 0 Å². The normalized spacial score (nSPS) is 21.4. The predicted octanol–water partition coefficient (Wildman–Crippen LogP) is 0.858. The molecule has 1 fully saturated rings. The first kappa shape index (κ1) is 9.73. The summed E-state index contributed by atoms with van der Waals surface area (Å²) in [6, 6.07) is 3.68. The third-order valence-electron chi connectivity index (χ3n) is 2.39. The summed E-state index contributed by atoms with van der Waals surface area (Å²) in [4.78, 5) is 0. The molecule has 0 N–H and O–H groups in total. The van der Waals surface area contributed by atoms with E-state index in [1.165, 1.54) is 4.31 Å².